The Kier molecular flexibility index (Phi) is 3.34. The van der Waals surface area contributed by atoms with Crippen molar-refractivity contribution >= 4 is 23.2 Å². The number of halogens is 1. The van der Waals surface area contributed by atoms with Gasteiger partial charge in [0.1, 0.15) is 5.75 Å². The van der Waals surface area contributed by atoms with E-state index in [4.69, 9.17) is 16.3 Å². The normalized spacial score (nSPS) is 18.6. The Morgan fingerprint density at radius 2 is 2.31 bits per heavy atom. The van der Waals surface area contributed by atoms with Crippen LogP contribution in [0.3, 0.4) is 0 Å². The van der Waals surface area contributed by atoms with Crippen LogP contribution in [0.2, 0.25) is 0 Å². The Morgan fingerprint density at radius 1 is 1.50 bits per heavy atom. The van der Waals surface area contributed by atoms with Gasteiger partial charge >= 0.3 is 0 Å². The predicted octanol–water partition coefficient (Wildman–Crippen LogP) is 2.58. The summed E-state index contributed by atoms with van der Waals surface area (Å²) in [4.78, 5) is 11.4. The Balaban J connectivity index is 2.19. The van der Waals surface area contributed by atoms with Gasteiger partial charge in [-0.2, -0.15) is 0 Å². The number of carbonyl (C=O) groups is 1. The molecule has 1 atom stereocenters. The van der Waals surface area contributed by atoms with Gasteiger partial charge in [-0.3, -0.25) is 4.79 Å². The number of anilines is 1. The van der Waals surface area contributed by atoms with Gasteiger partial charge in [-0.05, 0) is 37.5 Å². The molecular weight excluding hydrogens is 226 g/mol. The first-order valence-electron chi connectivity index (χ1n) is 5.37. The summed E-state index contributed by atoms with van der Waals surface area (Å²) in [7, 11) is 0. The van der Waals surface area contributed by atoms with Crippen LogP contribution in [0.25, 0.3) is 0 Å². The van der Waals surface area contributed by atoms with E-state index in [1.54, 1.807) is 6.92 Å². The second kappa shape index (κ2) is 4.74. The summed E-state index contributed by atoms with van der Waals surface area (Å²) >= 11 is 5.64. The molecule has 0 fully saturated rings. The molecule has 0 saturated heterocycles. The molecule has 1 aliphatic rings. The van der Waals surface area contributed by atoms with Crippen LogP contribution >= 0.6 is 11.6 Å². The third-order valence-electron chi connectivity index (χ3n) is 2.57. The molecule has 1 amide bonds. The number of fused-ring (bicyclic) bond motifs is 1. The van der Waals surface area contributed by atoms with E-state index < -0.39 is 6.10 Å². The zero-order chi connectivity index (χ0) is 11.5. The fourth-order valence-electron chi connectivity index (χ4n) is 1.68. The van der Waals surface area contributed by atoms with E-state index in [1.807, 2.05) is 18.2 Å². The number of rotatable bonds is 3. The highest BCUT2D eigenvalue weighted by Gasteiger charge is 2.23. The molecule has 0 saturated carbocycles. The maximum absolute atomic E-state index is 11.4. The molecule has 1 unspecified atom stereocenters. The van der Waals surface area contributed by atoms with E-state index in [1.165, 1.54) is 0 Å². The van der Waals surface area contributed by atoms with E-state index in [2.05, 4.69) is 5.32 Å². The van der Waals surface area contributed by atoms with Gasteiger partial charge in [0, 0.05) is 5.88 Å². The second-order valence-corrected chi connectivity index (χ2v) is 4.25. The van der Waals surface area contributed by atoms with Crippen LogP contribution in [0.5, 0.6) is 5.75 Å². The number of amides is 1. The summed E-state index contributed by atoms with van der Waals surface area (Å²) in [5.41, 5.74) is 1.92. The van der Waals surface area contributed by atoms with Gasteiger partial charge in [0.05, 0.1) is 5.69 Å². The van der Waals surface area contributed by atoms with E-state index in [-0.39, 0.29) is 5.91 Å². The van der Waals surface area contributed by atoms with E-state index in [0.717, 1.165) is 29.8 Å². The van der Waals surface area contributed by atoms with Crippen molar-refractivity contribution in [1.29, 1.82) is 0 Å². The highest BCUT2D eigenvalue weighted by Crippen LogP contribution is 2.30. The lowest BCUT2D eigenvalue weighted by atomic mass is 10.1. The molecule has 3 nitrogen and oxygen atoms in total. The molecule has 0 aliphatic carbocycles. The predicted molar refractivity (Wildman–Crippen MR) is 64.2 cm³/mol. The third-order valence-corrected chi connectivity index (χ3v) is 2.84. The van der Waals surface area contributed by atoms with Gasteiger partial charge in [-0.15, -0.1) is 11.6 Å². The monoisotopic (exact) mass is 239 g/mol. The van der Waals surface area contributed by atoms with Crippen molar-refractivity contribution in [3.63, 3.8) is 0 Å². The average Bonchev–Trinajstić information content (AvgIpc) is 2.28. The smallest absolute Gasteiger partial charge is 0.265 e. The molecule has 86 valence electrons. The van der Waals surface area contributed by atoms with Crippen molar-refractivity contribution < 1.29 is 9.53 Å². The molecular formula is C12H14ClNO2. The Bertz CT molecular complexity index is 406. The van der Waals surface area contributed by atoms with Crippen LogP contribution in [0, 0.1) is 0 Å². The molecule has 1 N–H and O–H groups in total. The maximum Gasteiger partial charge on any atom is 0.265 e. The fraction of sp³-hybridized carbons (Fsp3) is 0.417. The number of benzene rings is 1. The second-order valence-electron chi connectivity index (χ2n) is 3.87. The quantitative estimate of drug-likeness (QED) is 0.824. The van der Waals surface area contributed by atoms with Gasteiger partial charge in [0.25, 0.3) is 5.91 Å². The van der Waals surface area contributed by atoms with Gasteiger partial charge in [0.2, 0.25) is 0 Å². The van der Waals surface area contributed by atoms with Crippen molar-refractivity contribution in [2.24, 2.45) is 0 Å². The zero-order valence-electron chi connectivity index (χ0n) is 9.13. The summed E-state index contributed by atoms with van der Waals surface area (Å²) < 4.78 is 5.47. The molecule has 0 radical (unpaired) electrons. The summed E-state index contributed by atoms with van der Waals surface area (Å²) in [6, 6.07) is 5.86. The molecule has 16 heavy (non-hydrogen) atoms. The number of ether oxygens (including phenoxy) is 1. The average molecular weight is 240 g/mol. The minimum Gasteiger partial charge on any atom is -0.479 e. The standard InChI is InChI=1S/C12H14ClNO2/c1-8-12(15)14-10-7-9(3-2-6-13)4-5-11(10)16-8/h4-5,7-8H,2-3,6H2,1H3,(H,14,15). The number of hydrogen-bond donors (Lipinski definition) is 1. The molecule has 1 aromatic rings. The fourth-order valence-corrected chi connectivity index (χ4v) is 1.82. The van der Waals surface area contributed by atoms with Crippen LogP contribution < -0.4 is 10.1 Å². The van der Waals surface area contributed by atoms with Crippen LogP contribution in [-0.2, 0) is 11.2 Å². The summed E-state index contributed by atoms with van der Waals surface area (Å²) in [5.74, 6) is 1.29. The van der Waals surface area contributed by atoms with Crippen LogP contribution in [0.1, 0.15) is 18.9 Å². The van der Waals surface area contributed by atoms with Crippen molar-refractivity contribution in [3.8, 4) is 5.75 Å². The largest absolute Gasteiger partial charge is 0.479 e. The Labute approximate surface area is 99.7 Å². The van der Waals surface area contributed by atoms with Crippen molar-refractivity contribution in [2.45, 2.75) is 25.9 Å². The van der Waals surface area contributed by atoms with E-state index in [9.17, 15) is 4.79 Å². The van der Waals surface area contributed by atoms with Gasteiger partial charge in [-0.25, -0.2) is 0 Å². The lowest BCUT2D eigenvalue weighted by Crippen LogP contribution is -2.34. The zero-order valence-corrected chi connectivity index (χ0v) is 9.88. The highest BCUT2D eigenvalue weighted by molar-refractivity contribution is 6.17. The summed E-state index contributed by atoms with van der Waals surface area (Å²) in [6.45, 7) is 1.74. The van der Waals surface area contributed by atoms with Gasteiger partial charge in [0.15, 0.2) is 6.10 Å². The lowest BCUT2D eigenvalue weighted by Gasteiger charge is -2.23. The number of aryl methyl sites for hydroxylation is 1. The Hall–Kier alpha value is -1.22. The summed E-state index contributed by atoms with van der Waals surface area (Å²) in [5, 5.41) is 2.83. The minimum absolute atomic E-state index is 0.0954. The number of alkyl halides is 1. The van der Waals surface area contributed by atoms with E-state index >= 15 is 0 Å². The van der Waals surface area contributed by atoms with Gasteiger partial charge in [-0.1, -0.05) is 6.07 Å². The molecule has 0 bridgehead atoms. The van der Waals surface area contributed by atoms with Gasteiger partial charge < -0.3 is 10.1 Å². The summed E-state index contributed by atoms with van der Waals surface area (Å²) in [6.07, 6.45) is 1.44. The van der Waals surface area contributed by atoms with Crippen molar-refractivity contribution in [3.05, 3.63) is 23.8 Å². The number of carbonyl (C=O) groups excluding carboxylic acids is 1. The Morgan fingerprint density at radius 3 is 3.06 bits per heavy atom. The van der Waals surface area contributed by atoms with E-state index in [0.29, 0.717) is 5.88 Å². The SMILES string of the molecule is CC1Oc2ccc(CCCCl)cc2NC1=O. The van der Waals surface area contributed by atoms with Crippen molar-refractivity contribution in [1.82, 2.24) is 0 Å². The maximum atomic E-state index is 11.4. The van der Waals surface area contributed by atoms with Crippen LogP contribution in [0.4, 0.5) is 5.69 Å². The van der Waals surface area contributed by atoms with Crippen LogP contribution in [0.15, 0.2) is 18.2 Å². The van der Waals surface area contributed by atoms with Crippen molar-refractivity contribution in [2.75, 3.05) is 11.2 Å². The molecule has 1 aromatic carbocycles. The molecule has 1 aliphatic heterocycles. The van der Waals surface area contributed by atoms with Crippen LogP contribution in [-0.4, -0.2) is 17.9 Å². The first kappa shape index (κ1) is 11.3. The molecule has 2 rings (SSSR count). The first-order valence-corrected chi connectivity index (χ1v) is 5.90. The molecule has 1 heterocycles. The third kappa shape index (κ3) is 2.30. The molecule has 0 aromatic heterocycles. The topological polar surface area (TPSA) is 38.3 Å². The lowest BCUT2D eigenvalue weighted by molar-refractivity contribution is -0.122. The highest BCUT2D eigenvalue weighted by atomic mass is 35.5. The first-order chi connectivity index (χ1) is 7.70. The minimum atomic E-state index is -0.416. The number of nitrogens with one attached hydrogen (secondary N) is 1. The molecule has 4 heteroatoms. The molecule has 0 spiro atoms. The number of hydrogen-bond acceptors (Lipinski definition) is 2.